The lowest BCUT2D eigenvalue weighted by atomic mass is 10.2. The van der Waals surface area contributed by atoms with E-state index in [0.29, 0.717) is 9.79 Å². The van der Waals surface area contributed by atoms with Gasteiger partial charge in [0.2, 0.25) is 0 Å². The van der Waals surface area contributed by atoms with Crippen molar-refractivity contribution in [2.75, 3.05) is 0 Å². The van der Waals surface area contributed by atoms with E-state index < -0.39 is 0 Å². The first kappa shape index (κ1) is 11.6. The van der Waals surface area contributed by atoms with Gasteiger partial charge in [0, 0.05) is 5.02 Å². The molecule has 3 nitrogen and oxygen atoms in total. The van der Waals surface area contributed by atoms with E-state index in [1.165, 1.54) is 0 Å². The number of fused-ring (bicyclic) bond motifs is 1. The number of nitrogens with one attached hydrogen (secondary N) is 1. The van der Waals surface area contributed by atoms with Crippen LogP contribution in [0, 0.1) is 4.77 Å². The van der Waals surface area contributed by atoms with Gasteiger partial charge in [-0.15, -0.1) is 0 Å². The molecule has 5 heteroatoms. The van der Waals surface area contributed by atoms with Crippen LogP contribution in [0.15, 0.2) is 41.0 Å². The number of H-pyrrole nitrogens is 1. The highest BCUT2D eigenvalue weighted by molar-refractivity contribution is 7.71. The minimum absolute atomic E-state index is 0.0275. The van der Waals surface area contributed by atoms with Crippen LogP contribution in [-0.2, 0) is 0 Å². The van der Waals surface area contributed by atoms with Crippen molar-refractivity contribution < 1.29 is 4.42 Å². The Morgan fingerprint density at radius 1 is 1.39 bits per heavy atom. The Balaban J connectivity index is 2.25. The third-order valence-corrected chi connectivity index (χ3v) is 3.56. The quantitative estimate of drug-likeness (QED) is 0.698. The Morgan fingerprint density at radius 3 is 2.94 bits per heavy atom. The highest BCUT2D eigenvalue weighted by Crippen LogP contribution is 2.26. The molecule has 1 aromatic carbocycles. The first-order valence-corrected chi connectivity index (χ1v) is 6.38. The monoisotopic (exact) mass is 278 g/mol. The molecule has 0 bridgehead atoms. The maximum Gasteiger partial charge on any atom is 0.178 e. The summed E-state index contributed by atoms with van der Waals surface area (Å²) >= 11 is 11.4. The number of benzene rings is 1. The average molecular weight is 279 g/mol. The molecule has 0 saturated carbocycles. The third kappa shape index (κ3) is 1.78. The van der Waals surface area contributed by atoms with Gasteiger partial charge in [0.1, 0.15) is 5.76 Å². The number of halogens is 1. The normalized spacial score (nSPS) is 13.0. The number of aromatic amines is 1. The highest BCUT2D eigenvalue weighted by Gasteiger charge is 2.15. The van der Waals surface area contributed by atoms with E-state index in [-0.39, 0.29) is 6.04 Å². The summed E-state index contributed by atoms with van der Waals surface area (Å²) in [5.41, 5.74) is 1.96. The van der Waals surface area contributed by atoms with Crippen LogP contribution in [0.25, 0.3) is 11.0 Å². The van der Waals surface area contributed by atoms with Gasteiger partial charge in [-0.2, -0.15) is 0 Å². The van der Waals surface area contributed by atoms with Crippen molar-refractivity contribution in [3.05, 3.63) is 52.1 Å². The minimum atomic E-state index is 0.0275. The molecule has 18 heavy (non-hydrogen) atoms. The molecule has 3 aromatic rings. The van der Waals surface area contributed by atoms with E-state index >= 15 is 0 Å². The molecule has 1 atom stereocenters. The van der Waals surface area contributed by atoms with E-state index in [2.05, 4.69) is 4.98 Å². The second-order valence-electron chi connectivity index (χ2n) is 4.15. The number of rotatable bonds is 2. The summed E-state index contributed by atoms with van der Waals surface area (Å²) in [6.45, 7) is 2.04. The SMILES string of the molecule is CC(c1ccco1)n1c(=S)[nH]c2ccc(Cl)cc21. The molecule has 1 unspecified atom stereocenters. The Hall–Kier alpha value is -1.52. The zero-order valence-electron chi connectivity index (χ0n) is 9.68. The van der Waals surface area contributed by atoms with Gasteiger partial charge in [-0.3, -0.25) is 0 Å². The molecule has 0 amide bonds. The molecule has 0 aliphatic carbocycles. The Bertz CT molecular complexity index is 742. The summed E-state index contributed by atoms with van der Waals surface area (Å²) in [6.07, 6.45) is 1.66. The van der Waals surface area contributed by atoms with Crippen molar-refractivity contribution in [2.45, 2.75) is 13.0 Å². The molecule has 0 saturated heterocycles. The van der Waals surface area contributed by atoms with E-state index in [0.717, 1.165) is 16.8 Å². The lowest BCUT2D eigenvalue weighted by Crippen LogP contribution is -2.05. The smallest absolute Gasteiger partial charge is 0.178 e. The van der Waals surface area contributed by atoms with Gasteiger partial charge in [0.05, 0.1) is 23.3 Å². The standard InChI is InChI=1S/C13H11ClN2OS/c1-8(12-3-2-6-17-12)16-11-7-9(14)4-5-10(11)15-13(16)18/h2-8H,1H3,(H,15,18). The third-order valence-electron chi connectivity index (χ3n) is 3.02. The maximum absolute atomic E-state index is 6.04. The Morgan fingerprint density at radius 2 is 2.22 bits per heavy atom. The van der Waals surface area contributed by atoms with Gasteiger partial charge in [0.15, 0.2) is 4.77 Å². The maximum atomic E-state index is 6.04. The van der Waals surface area contributed by atoms with Crippen LogP contribution in [0.3, 0.4) is 0 Å². The topological polar surface area (TPSA) is 33.9 Å². The predicted octanol–water partition coefficient (Wildman–Crippen LogP) is 4.55. The van der Waals surface area contributed by atoms with Crippen LogP contribution in [0.1, 0.15) is 18.7 Å². The fourth-order valence-corrected chi connectivity index (χ4v) is 2.67. The first-order chi connectivity index (χ1) is 8.66. The number of hydrogen-bond donors (Lipinski definition) is 1. The summed E-state index contributed by atoms with van der Waals surface area (Å²) in [4.78, 5) is 3.17. The van der Waals surface area contributed by atoms with Gasteiger partial charge in [-0.05, 0) is 49.5 Å². The molecule has 92 valence electrons. The first-order valence-electron chi connectivity index (χ1n) is 5.60. The van der Waals surface area contributed by atoms with Crippen LogP contribution in [0.5, 0.6) is 0 Å². The summed E-state index contributed by atoms with van der Waals surface area (Å²) < 4.78 is 8.11. The van der Waals surface area contributed by atoms with E-state index in [1.54, 1.807) is 6.26 Å². The van der Waals surface area contributed by atoms with Crippen molar-refractivity contribution in [3.8, 4) is 0 Å². The highest BCUT2D eigenvalue weighted by atomic mass is 35.5. The summed E-state index contributed by atoms with van der Waals surface area (Å²) in [5, 5.41) is 0.692. The zero-order chi connectivity index (χ0) is 12.7. The van der Waals surface area contributed by atoms with Crippen molar-refractivity contribution in [2.24, 2.45) is 0 Å². The number of aromatic nitrogens is 2. The van der Waals surface area contributed by atoms with Crippen LogP contribution in [0.2, 0.25) is 5.02 Å². The number of nitrogens with zero attached hydrogens (tertiary/aromatic N) is 1. The second kappa shape index (κ2) is 4.30. The minimum Gasteiger partial charge on any atom is -0.467 e. The number of hydrogen-bond acceptors (Lipinski definition) is 2. The summed E-state index contributed by atoms with van der Waals surface area (Å²) in [6, 6.07) is 9.52. The van der Waals surface area contributed by atoms with Crippen molar-refractivity contribution in [3.63, 3.8) is 0 Å². The van der Waals surface area contributed by atoms with Crippen LogP contribution < -0.4 is 0 Å². The molecule has 0 radical (unpaired) electrons. The molecule has 1 N–H and O–H groups in total. The number of furan rings is 1. The number of imidazole rings is 1. The van der Waals surface area contributed by atoms with Crippen LogP contribution >= 0.6 is 23.8 Å². The lowest BCUT2D eigenvalue weighted by Gasteiger charge is -2.11. The van der Waals surface area contributed by atoms with Crippen LogP contribution in [-0.4, -0.2) is 9.55 Å². The van der Waals surface area contributed by atoms with E-state index in [9.17, 15) is 0 Å². The second-order valence-corrected chi connectivity index (χ2v) is 4.98. The Kier molecular flexibility index (Phi) is 2.76. The van der Waals surface area contributed by atoms with E-state index in [1.807, 2.05) is 41.8 Å². The molecule has 0 aliphatic rings. The van der Waals surface area contributed by atoms with Crippen LogP contribution in [0.4, 0.5) is 0 Å². The van der Waals surface area contributed by atoms with Gasteiger partial charge < -0.3 is 14.0 Å². The molecule has 3 rings (SSSR count). The molecule has 0 fully saturated rings. The lowest BCUT2D eigenvalue weighted by molar-refractivity contribution is 0.449. The fraction of sp³-hybridized carbons (Fsp3) is 0.154. The molecule has 2 aromatic heterocycles. The summed E-state index contributed by atoms with van der Waals surface area (Å²) in [7, 11) is 0. The van der Waals surface area contributed by atoms with Gasteiger partial charge in [-0.25, -0.2) is 0 Å². The Labute approximate surface area is 114 Å². The van der Waals surface area contributed by atoms with Crippen molar-refractivity contribution in [1.82, 2.24) is 9.55 Å². The fourth-order valence-electron chi connectivity index (χ4n) is 2.14. The molecule has 0 aliphatic heterocycles. The van der Waals surface area contributed by atoms with Gasteiger partial charge >= 0.3 is 0 Å². The largest absolute Gasteiger partial charge is 0.467 e. The van der Waals surface area contributed by atoms with Gasteiger partial charge in [-0.1, -0.05) is 11.6 Å². The van der Waals surface area contributed by atoms with E-state index in [4.69, 9.17) is 28.2 Å². The average Bonchev–Trinajstić information content (AvgIpc) is 2.94. The van der Waals surface area contributed by atoms with Crippen molar-refractivity contribution >= 4 is 34.9 Å². The summed E-state index contributed by atoms with van der Waals surface area (Å²) in [5.74, 6) is 0.868. The zero-order valence-corrected chi connectivity index (χ0v) is 11.3. The predicted molar refractivity (Wildman–Crippen MR) is 74.7 cm³/mol. The molecule has 0 spiro atoms. The molecular formula is C13H11ClN2OS. The van der Waals surface area contributed by atoms with Gasteiger partial charge in [0.25, 0.3) is 0 Å². The molecular weight excluding hydrogens is 268 g/mol. The molecule has 2 heterocycles. The van der Waals surface area contributed by atoms with Crippen molar-refractivity contribution in [1.29, 1.82) is 0 Å².